The lowest BCUT2D eigenvalue weighted by Gasteiger charge is -2.21. The number of benzene rings is 1. The number of aromatic nitrogens is 1. The Bertz CT molecular complexity index is 723. The van der Waals surface area contributed by atoms with Crippen molar-refractivity contribution in [1.29, 1.82) is 0 Å². The van der Waals surface area contributed by atoms with Gasteiger partial charge in [-0.1, -0.05) is 18.2 Å². The Morgan fingerprint density at radius 1 is 1.21 bits per heavy atom. The van der Waals surface area contributed by atoms with Crippen molar-refractivity contribution in [3.63, 3.8) is 0 Å². The average Bonchev–Trinajstić information content (AvgIpc) is 3.21. The molecule has 6 heteroatoms. The van der Waals surface area contributed by atoms with Crippen molar-refractivity contribution in [2.75, 3.05) is 63.9 Å². The minimum Gasteiger partial charge on any atom is -0.495 e. The molecule has 0 amide bonds. The number of hydrogen-bond donors (Lipinski definition) is 1. The second-order valence-electron chi connectivity index (χ2n) is 7.34. The molecule has 0 bridgehead atoms. The molecule has 1 N–H and O–H groups in total. The van der Waals surface area contributed by atoms with E-state index in [0.29, 0.717) is 12.5 Å². The standard InChI is InChI=1S/C22H32N4O2/c1-25(12-13-27-2)22-9-8-18(16-24-22)14-23-15-19-10-11-26(17-19)20-6-4-5-7-21(20)28-3/h4-9,16,19,23H,10-15,17H2,1-3H3. The van der Waals surface area contributed by atoms with Gasteiger partial charge in [0.05, 0.1) is 19.4 Å². The van der Waals surface area contributed by atoms with Gasteiger partial charge in [-0.05, 0) is 36.1 Å². The van der Waals surface area contributed by atoms with Crippen LogP contribution in [0.4, 0.5) is 11.5 Å². The predicted molar refractivity (Wildman–Crippen MR) is 114 cm³/mol. The summed E-state index contributed by atoms with van der Waals surface area (Å²) < 4.78 is 10.6. The highest BCUT2D eigenvalue weighted by Gasteiger charge is 2.24. The largest absolute Gasteiger partial charge is 0.495 e. The molecule has 28 heavy (non-hydrogen) atoms. The van der Waals surface area contributed by atoms with Crippen LogP contribution in [0, 0.1) is 5.92 Å². The number of para-hydroxylation sites is 2. The molecule has 1 aromatic heterocycles. The lowest BCUT2D eigenvalue weighted by Crippen LogP contribution is -2.26. The van der Waals surface area contributed by atoms with Crippen LogP contribution < -0.4 is 19.9 Å². The summed E-state index contributed by atoms with van der Waals surface area (Å²) in [6.07, 6.45) is 3.16. The Kier molecular flexibility index (Phi) is 7.51. The number of pyridine rings is 1. The highest BCUT2D eigenvalue weighted by atomic mass is 16.5. The fraction of sp³-hybridized carbons (Fsp3) is 0.500. The van der Waals surface area contributed by atoms with Gasteiger partial charge in [-0.15, -0.1) is 0 Å². The van der Waals surface area contributed by atoms with Gasteiger partial charge in [-0.25, -0.2) is 4.98 Å². The van der Waals surface area contributed by atoms with Crippen LogP contribution in [-0.4, -0.2) is 59.0 Å². The zero-order chi connectivity index (χ0) is 19.8. The Labute approximate surface area is 168 Å². The Morgan fingerprint density at radius 3 is 2.82 bits per heavy atom. The number of anilines is 2. The van der Waals surface area contributed by atoms with Gasteiger partial charge < -0.3 is 24.6 Å². The third-order valence-electron chi connectivity index (χ3n) is 5.30. The van der Waals surface area contributed by atoms with Crippen LogP contribution in [0.2, 0.25) is 0 Å². The molecule has 1 aliphatic rings. The molecule has 0 saturated carbocycles. The van der Waals surface area contributed by atoms with Crippen molar-refractivity contribution in [1.82, 2.24) is 10.3 Å². The van der Waals surface area contributed by atoms with Crippen LogP contribution >= 0.6 is 0 Å². The number of nitrogens with one attached hydrogen (secondary N) is 1. The molecule has 1 aromatic carbocycles. The van der Waals surface area contributed by atoms with E-state index in [1.165, 1.54) is 17.7 Å². The van der Waals surface area contributed by atoms with E-state index < -0.39 is 0 Å². The molecule has 2 aromatic rings. The van der Waals surface area contributed by atoms with Gasteiger partial charge in [0.2, 0.25) is 0 Å². The third kappa shape index (κ3) is 5.36. The lowest BCUT2D eigenvalue weighted by atomic mass is 10.1. The van der Waals surface area contributed by atoms with Crippen molar-refractivity contribution in [3.8, 4) is 5.75 Å². The maximum Gasteiger partial charge on any atom is 0.142 e. The highest BCUT2D eigenvalue weighted by molar-refractivity contribution is 5.59. The molecule has 0 aliphatic carbocycles. The molecular weight excluding hydrogens is 352 g/mol. The lowest BCUT2D eigenvalue weighted by molar-refractivity contribution is 0.206. The Hall–Kier alpha value is -2.31. The first-order valence-electron chi connectivity index (χ1n) is 9.95. The zero-order valence-electron chi connectivity index (χ0n) is 17.2. The molecule has 3 rings (SSSR count). The second kappa shape index (κ2) is 10.3. The first kappa shape index (κ1) is 20.4. The quantitative estimate of drug-likeness (QED) is 0.680. The summed E-state index contributed by atoms with van der Waals surface area (Å²) >= 11 is 0. The molecule has 6 nitrogen and oxygen atoms in total. The van der Waals surface area contributed by atoms with E-state index in [0.717, 1.165) is 44.3 Å². The normalized spacial score (nSPS) is 16.4. The predicted octanol–water partition coefficient (Wildman–Crippen LogP) is 2.79. The van der Waals surface area contributed by atoms with E-state index in [-0.39, 0.29) is 0 Å². The maximum atomic E-state index is 5.51. The summed E-state index contributed by atoms with van der Waals surface area (Å²) in [6, 6.07) is 12.5. The van der Waals surface area contributed by atoms with Gasteiger partial charge in [-0.3, -0.25) is 0 Å². The Balaban J connectivity index is 1.43. The topological polar surface area (TPSA) is 49.9 Å². The van der Waals surface area contributed by atoms with Crippen LogP contribution in [0.1, 0.15) is 12.0 Å². The highest BCUT2D eigenvalue weighted by Crippen LogP contribution is 2.31. The molecule has 1 fully saturated rings. The third-order valence-corrected chi connectivity index (χ3v) is 5.30. The number of ether oxygens (including phenoxy) is 2. The van der Waals surface area contributed by atoms with Crippen LogP contribution in [0.25, 0.3) is 0 Å². The number of hydrogen-bond acceptors (Lipinski definition) is 6. The summed E-state index contributed by atoms with van der Waals surface area (Å²) in [5.74, 6) is 2.58. The fourth-order valence-corrected chi connectivity index (χ4v) is 3.62. The first-order chi connectivity index (χ1) is 13.7. The van der Waals surface area contributed by atoms with Gasteiger partial charge >= 0.3 is 0 Å². The van der Waals surface area contributed by atoms with Gasteiger partial charge in [0.15, 0.2) is 0 Å². The van der Waals surface area contributed by atoms with Gasteiger partial charge in [-0.2, -0.15) is 0 Å². The van der Waals surface area contributed by atoms with Gasteiger partial charge in [0.25, 0.3) is 0 Å². The minimum absolute atomic E-state index is 0.650. The maximum absolute atomic E-state index is 5.51. The molecule has 1 atom stereocenters. The molecule has 1 aliphatic heterocycles. The first-order valence-corrected chi connectivity index (χ1v) is 9.95. The van der Waals surface area contributed by atoms with Crippen molar-refractivity contribution in [3.05, 3.63) is 48.2 Å². The Morgan fingerprint density at radius 2 is 2.07 bits per heavy atom. The smallest absolute Gasteiger partial charge is 0.142 e. The van der Waals surface area contributed by atoms with E-state index >= 15 is 0 Å². The van der Waals surface area contributed by atoms with E-state index in [1.54, 1.807) is 14.2 Å². The minimum atomic E-state index is 0.650. The van der Waals surface area contributed by atoms with Crippen LogP contribution in [0.3, 0.4) is 0 Å². The molecule has 0 spiro atoms. The molecule has 1 saturated heterocycles. The van der Waals surface area contributed by atoms with Gasteiger partial charge in [0.1, 0.15) is 11.6 Å². The van der Waals surface area contributed by atoms with Crippen LogP contribution in [0.15, 0.2) is 42.6 Å². The van der Waals surface area contributed by atoms with Crippen molar-refractivity contribution >= 4 is 11.5 Å². The molecule has 1 unspecified atom stereocenters. The van der Waals surface area contributed by atoms with E-state index in [1.807, 2.05) is 25.4 Å². The SMILES string of the molecule is COCCN(C)c1ccc(CNCC2CCN(c3ccccc3OC)C2)cn1. The number of methoxy groups -OCH3 is 2. The second-order valence-corrected chi connectivity index (χ2v) is 7.34. The summed E-state index contributed by atoms with van der Waals surface area (Å²) in [5, 5.41) is 3.60. The fourth-order valence-electron chi connectivity index (χ4n) is 3.62. The molecule has 2 heterocycles. The molecule has 0 radical (unpaired) electrons. The average molecular weight is 385 g/mol. The summed E-state index contributed by atoms with van der Waals surface area (Å²) in [5.41, 5.74) is 2.41. The summed E-state index contributed by atoms with van der Waals surface area (Å²) in [7, 11) is 5.49. The number of rotatable bonds is 10. The number of nitrogens with zero attached hydrogens (tertiary/aromatic N) is 3. The zero-order valence-corrected chi connectivity index (χ0v) is 17.2. The summed E-state index contributed by atoms with van der Waals surface area (Å²) in [6.45, 7) is 5.55. The van der Waals surface area contributed by atoms with Crippen LogP contribution in [0.5, 0.6) is 5.75 Å². The molecular formula is C22H32N4O2. The van der Waals surface area contributed by atoms with E-state index in [4.69, 9.17) is 9.47 Å². The summed E-state index contributed by atoms with van der Waals surface area (Å²) in [4.78, 5) is 9.09. The number of likely N-dealkylation sites (N-methyl/N-ethyl adjacent to an activating group) is 1. The molecule has 152 valence electrons. The van der Waals surface area contributed by atoms with E-state index in [2.05, 4.69) is 44.4 Å². The van der Waals surface area contributed by atoms with Crippen molar-refractivity contribution in [2.45, 2.75) is 13.0 Å². The monoisotopic (exact) mass is 384 g/mol. The van der Waals surface area contributed by atoms with E-state index in [9.17, 15) is 0 Å². The van der Waals surface area contributed by atoms with Gasteiger partial charge in [0, 0.05) is 53.1 Å². The van der Waals surface area contributed by atoms with Crippen molar-refractivity contribution in [2.24, 2.45) is 5.92 Å². The van der Waals surface area contributed by atoms with Crippen molar-refractivity contribution < 1.29 is 9.47 Å². The van der Waals surface area contributed by atoms with Crippen LogP contribution in [-0.2, 0) is 11.3 Å².